The lowest BCUT2D eigenvalue weighted by molar-refractivity contribution is -0.135. The van der Waals surface area contributed by atoms with Crippen LogP contribution in [0.15, 0.2) is 54.6 Å². The number of carbonyl (C=O) groups is 2. The van der Waals surface area contributed by atoms with Gasteiger partial charge < -0.3 is 15.0 Å². The van der Waals surface area contributed by atoms with Crippen LogP contribution in [-0.4, -0.2) is 25.5 Å². The minimum absolute atomic E-state index is 0.122. The predicted octanol–water partition coefficient (Wildman–Crippen LogP) is 3.14. The van der Waals surface area contributed by atoms with Crippen molar-refractivity contribution in [1.29, 1.82) is 0 Å². The summed E-state index contributed by atoms with van der Waals surface area (Å²) < 4.78 is 5.31. The van der Waals surface area contributed by atoms with Crippen molar-refractivity contribution in [2.45, 2.75) is 26.3 Å². The van der Waals surface area contributed by atoms with Gasteiger partial charge in [-0.3, -0.25) is 9.59 Å². The fraction of sp³-hybridized carbons (Fsp3) is 0.333. The number of para-hydroxylation sites is 2. The second-order valence-corrected chi connectivity index (χ2v) is 6.46. The molecule has 26 heavy (non-hydrogen) atoms. The van der Waals surface area contributed by atoms with Crippen molar-refractivity contribution in [2.75, 3.05) is 18.6 Å². The first kappa shape index (κ1) is 18.0. The standard InChI is InChI=1S/C21H24N2O3/c1-3-23(17-10-5-4-6-11-17)20(25)21(13-14-21)19(24)22-15-16-9-7-8-12-18(16)26-2/h4-12H,3,13-15H2,1-2H3,(H,22,24). The summed E-state index contributed by atoms with van der Waals surface area (Å²) in [6.45, 7) is 2.80. The van der Waals surface area contributed by atoms with Gasteiger partial charge in [0, 0.05) is 24.3 Å². The normalized spacial score (nSPS) is 14.4. The molecule has 136 valence electrons. The zero-order valence-corrected chi connectivity index (χ0v) is 15.2. The first-order chi connectivity index (χ1) is 12.6. The van der Waals surface area contributed by atoms with E-state index in [0.29, 0.717) is 25.9 Å². The molecule has 1 saturated carbocycles. The molecule has 1 aliphatic rings. The van der Waals surface area contributed by atoms with Crippen molar-refractivity contribution in [2.24, 2.45) is 5.41 Å². The van der Waals surface area contributed by atoms with Crippen molar-refractivity contribution in [3.63, 3.8) is 0 Å². The molecule has 2 amide bonds. The van der Waals surface area contributed by atoms with E-state index in [1.54, 1.807) is 12.0 Å². The van der Waals surface area contributed by atoms with Gasteiger partial charge in [-0.05, 0) is 38.0 Å². The highest BCUT2D eigenvalue weighted by Gasteiger charge is 2.58. The second-order valence-electron chi connectivity index (χ2n) is 6.46. The lowest BCUT2D eigenvalue weighted by atomic mass is 10.0. The summed E-state index contributed by atoms with van der Waals surface area (Å²) in [6.07, 6.45) is 1.18. The van der Waals surface area contributed by atoms with E-state index in [9.17, 15) is 9.59 Å². The van der Waals surface area contributed by atoms with Crippen LogP contribution in [0.3, 0.4) is 0 Å². The Morgan fingerprint density at radius 3 is 2.35 bits per heavy atom. The number of amides is 2. The molecule has 2 aromatic rings. The van der Waals surface area contributed by atoms with Gasteiger partial charge in [-0.2, -0.15) is 0 Å². The third kappa shape index (κ3) is 3.43. The number of nitrogens with zero attached hydrogens (tertiary/aromatic N) is 1. The maximum atomic E-state index is 13.1. The van der Waals surface area contributed by atoms with Gasteiger partial charge in [-0.15, -0.1) is 0 Å². The van der Waals surface area contributed by atoms with Crippen LogP contribution < -0.4 is 15.0 Å². The zero-order valence-electron chi connectivity index (χ0n) is 15.2. The molecule has 0 aromatic heterocycles. The number of hydrogen-bond donors (Lipinski definition) is 1. The molecule has 0 bridgehead atoms. The molecule has 0 unspecified atom stereocenters. The van der Waals surface area contributed by atoms with Crippen LogP contribution in [0.5, 0.6) is 5.75 Å². The Balaban J connectivity index is 1.71. The second kappa shape index (κ2) is 7.60. The molecule has 0 atom stereocenters. The molecule has 0 aliphatic heterocycles. The van der Waals surface area contributed by atoms with Crippen molar-refractivity contribution < 1.29 is 14.3 Å². The highest BCUT2D eigenvalue weighted by Crippen LogP contribution is 2.48. The lowest BCUT2D eigenvalue weighted by Gasteiger charge is -2.26. The smallest absolute Gasteiger partial charge is 0.242 e. The number of hydrogen-bond acceptors (Lipinski definition) is 3. The maximum absolute atomic E-state index is 13.1. The van der Waals surface area contributed by atoms with Gasteiger partial charge >= 0.3 is 0 Å². The van der Waals surface area contributed by atoms with E-state index < -0.39 is 5.41 Å². The molecule has 0 heterocycles. The van der Waals surface area contributed by atoms with Crippen LogP contribution in [0, 0.1) is 5.41 Å². The fourth-order valence-corrected chi connectivity index (χ4v) is 3.17. The number of methoxy groups -OCH3 is 1. The largest absolute Gasteiger partial charge is 0.496 e. The summed E-state index contributed by atoms with van der Waals surface area (Å²) in [7, 11) is 1.60. The van der Waals surface area contributed by atoms with Crippen LogP contribution in [0.2, 0.25) is 0 Å². The Morgan fingerprint density at radius 2 is 1.73 bits per heavy atom. The number of ether oxygens (including phenoxy) is 1. The van der Waals surface area contributed by atoms with E-state index in [-0.39, 0.29) is 11.8 Å². The number of anilines is 1. The molecule has 3 rings (SSSR count). The summed E-state index contributed by atoms with van der Waals surface area (Å²) in [6, 6.07) is 17.0. The SMILES string of the molecule is CCN(C(=O)C1(C(=O)NCc2ccccc2OC)CC1)c1ccccc1. The van der Waals surface area contributed by atoms with Gasteiger partial charge in [-0.25, -0.2) is 0 Å². The van der Waals surface area contributed by atoms with Gasteiger partial charge in [0.15, 0.2) is 0 Å². The first-order valence-corrected chi connectivity index (χ1v) is 8.89. The molecule has 1 N–H and O–H groups in total. The predicted molar refractivity (Wildman–Crippen MR) is 101 cm³/mol. The molecule has 5 heteroatoms. The van der Waals surface area contributed by atoms with Crippen LogP contribution >= 0.6 is 0 Å². The van der Waals surface area contributed by atoms with Gasteiger partial charge in [0.25, 0.3) is 0 Å². The van der Waals surface area contributed by atoms with Crippen LogP contribution in [-0.2, 0) is 16.1 Å². The third-order valence-electron chi connectivity index (χ3n) is 4.86. The number of nitrogens with one attached hydrogen (secondary N) is 1. The Kier molecular flexibility index (Phi) is 5.26. The Morgan fingerprint density at radius 1 is 1.08 bits per heavy atom. The molecule has 5 nitrogen and oxygen atoms in total. The molecule has 0 spiro atoms. The van der Waals surface area contributed by atoms with Gasteiger partial charge in [0.2, 0.25) is 11.8 Å². The van der Waals surface area contributed by atoms with Crippen molar-refractivity contribution in [1.82, 2.24) is 5.32 Å². The molecule has 2 aromatic carbocycles. The van der Waals surface area contributed by atoms with Crippen LogP contribution in [0.1, 0.15) is 25.3 Å². The van der Waals surface area contributed by atoms with Crippen molar-refractivity contribution in [3.05, 3.63) is 60.2 Å². The average molecular weight is 352 g/mol. The van der Waals surface area contributed by atoms with E-state index in [2.05, 4.69) is 5.32 Å². The quantitative estimate of drug-likeness (QED) is 0.779. The van der Waals surface area contributed by atoms with E-state index in [4.69, 9.17) is 4.74 Å². The van der Waals surface area contributed by atoms with Gasteiger partial charge in [0.05, 0.1) is 7.11 Å². The Bertz CT molecular complexity index is 785. The van der Waals surface area contributed by atoms with Crippen molar-refractivity contribution in [3.8, 4) is 5.75 Å². The van der Waals surface area contributed by atoms with E-state index in [0.717, 1.165) is 17.0 Å². The highest BCUT2D eigenvalue weighted by molar-refractivity contribution is 6.14. The van der Waals surface area contributed by atoms with Crippen LogP contribution in [0.4, 0.5) is 5.69 Å². The van der Waals surface area contributed by atoms with E-state index in [1.165, 1.54) is 0 Å². The fourth-order valence-electron chi connectivity index (χ4n) is 3.17. The summed E-state index contributed by atoms with van der Waals surface area (Å²) in [4.78, 5) is 27.6. The molecule has 1 aliphatic carbocycles. The molecular formula is C21H24N2O3. The highest BCUT2D eigenvalue weighted by atomic mass is 16.5. The monoisotopic (exact) mass is 352 g/mol. The topological polar surface area (TPSA) is 58.6 Å². The van der Waals surface area contributed by atoms with E-state index in [1.807, 2.05) is 61.5 Å². The average Bonchev–Trinajstić information content (AvgIpc) is 3.50. The van der Waals surface area contributed by atoms with Gasteiger partial charge in [0.1, 0.15) is 11.2 Å². The van der Waals surface area contributed by atoms with Gasteiger partial charge in [-0.1, -0.05) is 36.4 Å². The molecular weight excluding hydrogens is 328 g/mol. The number of rotatable bonds is 7. The number of carbonyl (C=O) groups excluding carboxylic acids is 2. The number of benzene rings is 2. The summed E-state index contributed by atoms with van der Waals surface area (Å²) in [5.41, 5.74) is 0.777. The Hall–Kier alpha value is -2.82. The maximum Gasteiger partial charge on any atom is 0.242 e. The van der Waals surface area contributed by atoms with Crippen LogP contribution in [0.25, 0.3) is 0 Å². The first-order valence-electron chi connectivity index (χ1n) is 8.89. The van der Waals surface area contributed by atoms with E-state index >= 15 is 0 Å². The zero-order chi connectivity index (χ0) is 18.6. The molecule has 0 radical (unpaired) electrons. The summed E-state index contributed by atoms with van der Waals surface area (Å²) >= 11 is 0. The summed E-state index contributed by atoms with van der Waals surface area (Å²) in [5.74, 6) is 0.398. The molecule has 1 fully saturated rings. The summed E-state index contributed by atoms with van der Waals surface area (Å²) in [5, 5.41) is 2.92. The van der Waals surface area contributed by atoms with Crippen molar-refractivity contribution >= 4 is 17.5 Å². The molecule has 0 saturated heterocycles. The lowest BCUT2D eigenvalue weighted by Crippen LogP contribution is -2.45. The minimum atomic E-state index is -0.937. The Labute approximate surface area is 154 Å². The third-order valence-corrected chi connectivity index (χ3v) is 4.86. The minimum Gasteiger partial charge on any atom is -0.496 e.